The predicted molar refractivity (Wildman–Crippen MR) is 118 cm³/mol. The van der Waals surface area contributed by atoms with Crippen molar-refractivity contribution in [1.29, 1.82) is 0 Å². The number of rotatable bonds is 4. The normalized spacial score (nSPS) is 24.6. The summed E-state index contributed by atoms with van der Waals surface area (Å²) in [6.45, 7) is 13.8. The van der Waals surface area contributed by atoms with Crippen LogP contribution in [0.3, 0.4) is 0 Å². The van der Waals surface area contributed by atoms with Gasteiger partial charge >= 0.3 is 0 Å². The maximum atomic E-state index is 4.51. The number of aliphatic imine (C=N–C) groups is 1. The second kappa shape index (κ2) is 11.8. The molecule has 7 heteroatoms. The first-order chi connectivity index (χ1) is 11.1. The van der Waals surface area contributed by atoms with Gasteiger partial charge in [-0.1, -0.05) is 13.8 Å². The van der Waals surface area contributed by atoms with Crippen molar-refractivity contribution in [3.8, 4) is 0 Å². The summed E-state index contributed by atoms with van der Waals surface area (Å²) in [6.07, 6.45) is 1.28. The Morgan fingerprint density at radius 2 is 2.00 bits per heavy atom. The molecule has 2 aliphatic rings. The zero-order chi connectivity index (χ0) is 16.7. The number of guanidine groups is 1. The van der Waals surface area contributed by atoms with Crippen LogP contribution in [0.5, 0.6) is 0 Å². The summed E-state index contributed by atoms with van der Waals surface area (Å²) in [5.74, 6) is 3.03. The van der Waals surface area contributed by atoms with E-state index in [-0.39, 0.29) is 24.0 Å². The number of hydrogen-bond donors (Lipinski definition) is 1. The number of nitrogens with zero attached hydrogens (tertiary/aromatic N) is 4. The molecule has 0 saturated carbocycles. The van der Waals surface area contributed by atoms with Gasteiger partial charge in [0.15, 0.2) is 5.96 Å². The van der Waals surface area contributed by atoms with E-state index in [0.29, 0.717) is 0 Å². The first-order valence-corrected chi connectivity index (χ1v) is 10.1. The Morgan fingerprint density at radius 1 is 1.21 bits per heavy atom. The smallest absolute Gasteiger partial charge is 0.193 e. The van der Waals surface area contributed by atoms with Gasteiger partial charge in [0.25, 0.3) is 0 Å². The monoisotopic (exact) mass is 469 g/mol. The molecule has 1 N–H and O–H groups in total. The molecule has 2 fully saturated rings. The van der Waals surface area contributed by atoms with E-state index < -0.39 is 0 Å². The van der Waals surface area contributed by atoms with E-state index in [1.165, 1.54) is 38.4 Å². The molecule has 1 atom stereocenters. The SMILES string of the molecule is CN=C(NCCN1CCCN(C)CC1)N1CCSC(C(C)C)C1.I. The minimum absolute atomic E-state index is 0. The van der Waals surface area contributed by atoms with Gasteiger partial charge in [-0.25, -0.2) is 0 Å². The zero-order valence-electron chi connectivity index (χ0n) is 15.8. The van der Waals surface area contributed by atoms with Gasteiger partial charge in [-0.2, -0.15) is 11.8 Å². The number of halogens is 1. The van der Waals surface area contributed by atoms with Crippen LogP contribution < -0.4 is 5.32 Å². The Balaban J connectivity index is 0.00000288. The van der Waals surface area contributed by atoms with Gasteiger partial charge in [0.05, 0.1) is 0 Å². The molecule has 2 aliphatic heterocycles. The van der Waals surface area contributed by atoms with Crippen LogP contribution in [0.25, 0.3) is 0 Å². The summed E-state index contributed by atoms with van der Waals surface area (Å²) in [6, 6.07) is 0. The fraction of sp³-hybridized carbons (Fsp3) is 0.941. The number of thioether (sulfide) groups is 1. The molecule has 1 unspecified atom stereocenters. The van der Waals surface area contributed by atoms with Crippen LogP contribution >= 0.6 is 35.7 Å². The molecule has 0 aromatic carbocycles. The van der Waals surface area contributed by atoms with Crippen molar-refractivity contribution in [2.75, 3.05) is 72.2 Å². The zero-order valence-corrected chi connectivity index (χ0v) is 19.0. The molecule has 24 heavy (non-hydrogen) atoms. The molecule has 0 aromatic rings. The van der Waals surface area contributed by atoms with Crippen LogP contribution in [-0.4, -0.2) is 98.1 Å². The van der Waals surface area contributed by atoms with Crippen molar-refractivity contribution < 1.29 is 0 Å². The van der Waals surface area contributed by atoms with Crippen molar-refractivity contribution in [2.24, 2.45) is 10.9 Å². The standard InChI is InChI=1S/C17H35N5S.HI/c1-15(2)16-14-22(12-13-23-16)17(18-3)19-6-9-21-8-5-7-20(4)10-11-21;/h15-16H,5-14H2,1-4H3,(H,18,19);1H. The number of nitrogens with one attached hydrogen (secondary N) is 1. The van der Waals surface area contributed by atoms with Crippen LogP contribution in [0, 0.1) is 5.92 Å². The van der Waals surface area contributed by atoms with E-state index in [1.54, 1.807) is 0 Å². The lowest BCUT2D eigenvalue weighted by Crippen LogP contribution is -2.50. The van der Waals surface area contributed by atoms with Crippen LogP contribution in [0.4, 0.5) is 0 Å². The highest BCUT2D eigenvalue weighted by Crippen LogP contribution is 2.24. The Morgan fingerprint density at radius 3 is 2.71 bits per heavy atom. The van der Waals surface area contributed by atoms with Crippen LogP contribution in [0.2, 0.25) is 0 Å². The summed E-state index contributed by atoms with van der Waals surface area (Å²) >= 11 is 2.11. The van der Waals surface area contributed by atoms with E-state index in [1.807, 2.05) is 7.05 Å². The molecule has 0 aliphatic carbocycles. The van der Waals surface area contributed by atoms with Crippen molar-refractivity contribution in [3.05, 3.63) is 0 Å². The second-order valence-electron chi connectivity index (χ2n) is 7.07. The van der Waals surface area contributed by atoms with Crippen LogP contribution in [0.15, 0.2) is 4.99 Å². The quantitative estimate of drug-likeness (QED) is 0.387. The van der Waals surface area contributed by atoms with Crippen molar-refractivity contribution in [2.45, 2.75) is 25.5 Å². The van der Waals surface area contributed by atoms with Crippen molar-refractivity contribution in [3.63, 3.8) is 0 Å². The molecule has 0 spiro atoms. The van der Waals surface area contributed by atoms with E-state index in [9.17, 15) is 0 Å². The highest BCUT2D eigenvalue weighted by atomic mass is 127. The fourth-order valence-corrected chi connectivity index (χ4v) is 4.55. The molecule has 2 saturated heterocycles. The molecule has 142 valence electrons. The van der Waals surface area contributed by atoms with Gasteiger partial charge < -0.3 is 20.0 Å². The van der Waals surface area contributed by atoms with Gasteiger partial charge in [-0.15, -0.1) is 24.0 Å². The van der Waals surface area contributed by atoms with Crippen LogP contribution in [0.1, 0.15) is 20.3 Å². The van der Waals surface area contributed by atoms with Crippen LogP contribution in [-0.2, 0) is 0 Å². The molecular formula is C17H36IN5S. The third-order valence-electron chi connectivity index (χ3n) is 4.87. The molecule has 0 bridgehead atoms. The van der Waals surface area contributed by atoms with Gasteiger partial charge in [-0.05, 0) is 32.5 Å². The lowest BCUT2D eigenvalue weighted by atomic mass is 10.1. The summed E-state index contributed by atoms with van der Waals surface area (Å²) in [7, 11) is 4.14. The summed E-state index contributed by atoms with van der Waals surface area (Å²) in [5, 5.41) is 4.31. The Hall–Kier alpha value is 0.270. The fourth-order valence-electron chi connectivity index (χ4n) is 3.25. The third kappa shape index (κ3) is 7.25. The Bertz CT molecular complexity index is 380. The van der Waals surface area contributed by atoms with Gasteiger partial charge in [-0.3, -0.25) is 4.99 Å². The molecule has 0 radical (unpaired) electrons. The highest BCUT2D eigenvalue weighted by Gasteiger charge is 2.24. The largest absolute Gasteiger partial charge is 0.355 e. The molecule has 2 heterocycles. The molecule has 5 nitrogen and oxygen atoms in total. The van der Waals surface area contributed by atoms with Gasteiger partial charge in [0.1, 0.15) is 0 Å². The first-order valence-electron chi connectivity index (χ1n) is 9.08. The maximum absolute atomic E-state index is 4.51. The number of hydrogen-bond acceptors (Lipinski definition) is 4. The van der Waals surface area contributed by atoms with Gasteiger partial charge in [0.2, 0.25) is 0 Å². The average Bonchev–Trinajstić information content (AvgIpc) is 2.76. The molecule has 0 amide bonds. The predicted octanol–water partition coefficient (Wildman–Crippen LogP) is 1.89. The average molecular weight is 469 g/mol. The summed E-state index contributed by atoms with van der Waals surface area (Å²) in [4.78, 5) is 12.0. The van der Waals surface area contributed by atoms with E-state index >= 15 is 0 Å². The summed E-state index contributed by atoms with van der Waals surface area (Å²) in [5.41, 5.74) is 0. The second-order valence-corrected chi connectivity index (χ2v) is 8.42. The minimum Gasteiger partial charge on any atom is -0.355 e. The van der Waals surface area contributed by atoms with Crippen molar-refractivity contribution in [1.82, 2.24) is 20.0 Å². The van der Waals surface area contributed by atoms with E-state index in [0.717, 1.165) is 43.3 Å². The van der Waals surface area contributed by atoms with Crippen molar-refractivity contribution >= 4 is 41.7 Å². The Kier molecular flexibility index (Phi) is 11.0. The lowest BCUT2D eigenvalue weighted by Gasteiger charge is -2.36. The number of likely N-dealkylation sites (N-methyl/N-ethyl adjacent to an activating group) is 1. The molecule has 2 rings (SSSR count). The third-order valence-corrected chi connectivity index (χ3v) is 6.41. The first kappa shape index (κ1) is 22.3. The molecule has 0 aromatic heterocycles. The van der Waals surface area contributed by atoms with Gasteiger partial charge in [0, 0.05) is 57.3 Å². The Labute approximate surface area is 170 Å². The summed E-state index contributed by atoms with van der Waals surface area (Å²) < 4.78 is 0. The topological polar surface area (TPSA) is 34.1 Å². The van der Waals surface area contributed by atoms with E-state index in [2.05, 4.69) is 57.7 Å². The minimum atomic E-state index is 0. The van der Waals surface area contributed by atoms with E-state index in [4.69, 9.17) is 0 Å². The molecular weight excluding hydrogens is 433 g/mol. The highest BCUT2D eigenvalue weighted by molar-refractivity contribution is 14.0. The lowest BCUT2D eigenvalue weighted by molar-refractivity contribution is 0.278. The maximum Gasteiger partial charge on any atom is 0.193 e.